The van der Waals surface area contributed by atoms with Crippen LogP contribution in [0, 0.1) is 0 Å². The van der Waals surface area contributed by atoms with Gasteiger partial charge < -0.3 is 10.4 Å². The molecule has 0 aromatic heterocycles. The third-order valence-electron chi connectivity index (χ3n) is 3.20. The van der Waals surface area contributed by atoms with Gasteiger partial charge in [-0.05, 0) is 42.0 Å². The van der Waals surface area contributed by atoms with Gasteiger partial charge in [0.05, 0.1) is 10.5 Å². The standard InChI is InChI=1S/C16H15NO5S/c1-23(21,22)14-8-6-12(7-9-14)15(18)17-10-11-2-4-13(5-3-11)16(19)20/h2-9H,10H2,1H3,(H,17,18)(H,19,20). The van der Waals surface area contributed by atoms with Gasteiger partial charge in [0.15, 0.2) is 9.84 Å². The van der Waals surface area contributed by atoms with Gasteiger partial charge in [-0.1, -0.05) is 12.1 Å². The van der Waals surface area contributed by atoms with Crippen LogP contribution in [-0.4, -0.2) is 31.7 Å². The predicted octanol–water partition coefficient (Wildman–Crippen LogP) is 1.72. The van der Waals surface area contributed by atoms with E-state index >= 15 is 0 Å². The van der Waals surface area contributed by atoms with Crippen LogP contribution in [0.15, 0.2) is 53.4 Å². The molecule has 2 N–H and O–H groups in total. The third kappa shape index (κ3) is 4.40. The first-order valence-electron chi connectivity index (χ1n) is 6.68. The van der Waals surface area contributed by atoms with Crippen LogP contribution < -0.4 is 5.32 Å². The summed E-state index contributed by atoms with van der Waals surface area (Å²) in [4.78, 5) is 22.9. The molecule has 2 aromatic rings. The molecule has 120 valence electrons. The molecule has 0 bridgehead atoms. The highest BCUT2D eigenvalue weighted by Gasteiger charge is 2.10. The average molecular weight is 333 g/mol. The van der Waals surface area contributed by atoms with Gasteiger partial charge in [0.25, 0.3) is 5.91 Å². The van der Waals surface area contributed by atoms with Gasteiger partial charge in [0.2, 0.25) is 0 Å². The molecule has 0 aliphatic rings. The maximum Gasteiger partial charge on any atom is 0.335 e. The van der Waals surface area contributed by atoms with Gasteiger partial charge in [-0.15, -0.1) is 0 Å². The fourth-order valence-electron chi connectivity index (χ4n) is 1.90. The van der Waals surface area contributed by atoms with E-state index in [4.69, 9.17) is 5.11 Å². The first-order chi connectivity index (χ1) is 10.8. The van der Waals surface area contributed by atoms with Crippen LogP contribution in [0.4, 0.5) is 0 Å². The van der Waals surface area contributed by atoms with Crippen molar-refractivity contribution in [2.75, 3.05) is 6.26 Å². The number of sulfone groups is 1. The van der Waals surface area contributed by atoms with Crippen LogP contribution in [-0.2, 0) is 16.4 Å². The average Bonchev–Trinajstić information content (AvgIpc) is 2.52. The highest BCUT2D eigenvalue weighted by atomic mass is 32.2. The Morgan fingerprint density at radius 1 is 0.957 bits per heavy atom. The molecule has 0 aliphatic heterocycles. The molecule has 7 heteroatoms. The summed E-state index contributed by atoms with van der Waals surface area (Å²) in [6.07, 6.45) is 1.10. The number of carbonyl (C=O) groups excluding carboxylic acids is 1. The summed E-state index contributed by atoms with van der Waals surface area (Å²) >= 11 is 0. The van der Waals surface area contributed by atoms with Crippen LogP contribution in [0.25, 0.3) is 0 Å². The normalized spacial score (nSPS) is 11.0. The zero-order valence-electron chi connectivity index (χ0n) is 12.3. The second-order valence-corrected chi connectivity index (χ2v) is 7.00. The van der Waals surface area contributed by atoms with Crippen molar-refractivity contribution in [1.82, 2.24) is 5.32 Å². The van der Waals surface area contributed by atoms with E-state index in [1.54, 1.807) is 12.1 Å². The van der Waals surface area contributed by atoms with Crippen molar-refractivity contribution in [3.8, 4) is 0 Å². The van der Waals surface area contributed by atoms with Gasteiger partial charge in [-0.25, -0.2) is 13.2 Å². The van der Waals surface area contributed by atoms with E-state index in [-0.39, 0.29) is 22.9 Å². The molecular weight excluding hydrogens is 318 g/mol. The summed E-state index contributed by atoms with van der Waals surface area (Å²) in [5.74, 6) is -1.35. The maximum atomic E-state index is 12.0. The van der Waals surface area contributed by atoms with Crippen LogP contribution in [0.1, 0.15) is 26.3 Å². The lowest BCUT2D eigenvalue weighted by atomic mass is 10.1. The van der Waals surface area contributed by atoms with Crippen LogP contribution in [0.5, 0.6) is 0 Å². The Kier molecular flexibility index (Phi) is 4.80. The van der Waals surface area contributed by atoms with Crippen molar-refractivity contribution in [1.29, 1.82) is 0 Å². The number of hydrogen-bond acceptors (Lipinski definition) is 4. The monoisotopic (exact) mass is 333 g/mol. The molecule has 6 nitrogen and oxygen atoms in total. The van der Waals surface area contributed by atoms with Gasteiger partial charge in [-0.2, -0.15) is 0 Å². The van der Waals surface area contributed by atoms with E-state index in [0.29, 0.717) is 5.56 Å². The Hall–Kier alpha value is -2.67. The summed E-state index contributed by atoms with van der Waals surface area (Å²) in [5, 5.41) is 11.5. The minimum absolute atomic E-state index is 0.151. The molecular formula is C16H15NO5S. The molecule has 0 spiro atoms. The number of nitrogens with one attached hydrogen (secondary N) is 1. The third-order valence-corrected chi connectivity index (χ3v) is 4.33. The lowest BCUT2D eigenvalue weighted by Crippen LogP contribution is -2.22. The molecule has 2 aromatic carbocycles. The number of amides is 1. The Labute approximate surface area is 133 Å². The van der Waals surface area contributed by atoms with E-state index in [2.05, 4.69) is 5.32 Å². The summed E-state index contributed by atoms with van der Waals surface area (Å²) in [6, 6.07) is 11.8. The number of hydrogen-bond donors (Lipinski definition) is 2. The van der Waals surface area contributed by atoms with E-state index in [0.717, 1.165) is 11.8 Å². The lowest BCUT2D eigenvalue weighted by Gasteiger charge is -2.06. The van der Waals surface area contributed by atoms with Crippen molar-refractivity contribution in [2.24, 2.45) is 0 Å². The second-order valence-electron chi connectivity index (χ2n) is 4.98. The molecule has 23 heavy (non-hydrogen) atoms. The molecule has 0 unspecified atom stereocenters. The maximum absolute atomic E-state index is 12.0. The largest absolute Gasteiger partial charge is 0.478 e. The molecule has 1 amide bonds. The number of carboxylic acid groups (broad SMARTS) is 1. The van der Waals surface area contributed by atoms with E-state index < -0.39 is 15.8 Å². The van der Waals surface area contributed by atoms with Gasteiger partial charge >= 0.3 is 5.97 Å². The minimum atomic E-state index is -3.29. The van der Waals surface area contributed by atoms with Crippen molar-refractivity contribution in [2.45, 2.75) is 11.4 Å². The number of rotatable bonds is 5. The zero-order valence-corrected chi connectivity index (χ0v) is 13.1. The first-order valence-corrected chi connectivity index (χ1v) is 8.57. The molecule has 2 rings (SSSR count). The van der Waals surface area contributed by atoms with Crippen LogP contribution in [0.3, 0.4) is 0 Å². The highest BCUT2D eigenvalue weighted by molar-refractivity contribution is 7.90. The van der Waals surface area contributed by atoms with E-state index in [9.17, 15) is 18.0 Å². The molecule has 0 aliphatic carbocycles. The minimum Gasteiger partial charge on any atom is -0.478 e. The molecule has 0 heterocycles. The number of aromatic carboxylic acids is 1. The molecule has 0 saturated heterocycles. The van der Waals surface area contributed by atoms with Gasteiger partial charge in [-0.3, -0.25) is 4.79 Å². The molecule has 0 saturated carbocycles. The topological polar surface area (TPSA) is 101 Å². The van der Waals surface area contributed by atoms with E-state index in [1.165, 1.54) is 36.4 Å². The quantitative estimate of drug-likeness (QED) is 0.867. The van der Waals surface area contributed by atoms with Crippen LogP contribution in [0.2, 0.25) is 0 Å². The number of benzene rings is 2. The Morgan fingerprint density at radius 3 is 1.96 bits per heavy atom. The molecule has 0 fully saturated rings. The molecule has 0 radical (unpaired) electrons. The zero-order chi connectivity index (χ0) is 17.0. The lowest BCUT2D eigenvalue weighted by molar-refractivity contribution is 0.0696. The smallest absolute Gasteiger partial charge is 0.335 e. The predicted molar refractivity (Wildman–Crippen MR) is 84.1 cm³/mol. The van der Waals surface area contributed by atoms with Crippen molar-refractivity contribution >= 4 is 21.7 Å². The SMILES string of the molecule is CS(=O)(=O)c1ccc(C(=O)NCc2ccc(C(=O)O)cc2)cc1. The number of carbonyl (C=O) groups is 2. The van der Waals surface area contributed by atoms with Crippen molar-refractivity contribution < 1.29 is 23.1 Å². The van der Waals surface area contributed by atoms with Crippen molar-refractivity contribution in [3.63, 3.8) is 0 Å². The Balaban J connectivity index is 2.00. The summed E-state index contributed by atoms with van der Waals surface area (Å²) in [6.45, 7) is 0.243. The second kappa shape index (κ2) is 6.62. The van der Waals surface area contributed by atoms with Gasteiger partial charge in [0, 0.05) is 18.4 Å². The van der Waals surface area contributed by atoms with Crippen LogP contribution >= 0.6 is 0 Å². The summed E-state index contributed by atoms with van der Waals surface area (Å²) in [5.41, 5.74) is 1.28. The number of carboxylic acids is 1. The first kappa shape index (κ1) is 16.7. The highest BCUT2D eigenvalue weighted by Crippen LogP contribution is 2.11. The van der Waals surface area contributed by atoms with E-state index in [1.807, 2.05) is 0 Å². The summed E-state index contributed by atoms with van der Waals surface area (Å²) < 4.78 is 22.7. The fourth-order valence-corrected chi connectivity index (χ4v) is 2.53. The summed E-state index contributed by atoms with van der Waals surface area (Å²) in [7, 11) is -3.29. The Bertz CT molecular complexity index is 824. The molecule has 0 atom stereocenters. The Morgan fingerprint density at radius 2 is 1.48 bits per heavy atom. The fraction of sp³-hybridized carbons (Fsp3) is 0.125. The van der Waals surface area contributed by atoms with Gasteiger partial charge in [0.1, 0.15) is 0 Å². The van der Waals surface area contributed by atoms with Crippen molar-refractivity contribution in [3.05, 3.63) is 65.2 Å².